The van der Waals surface area contributed by atoms with E-state index in [1.807, 2.05) is 12.1 Å². The minimum Gasteiger partial charge on any atom is -0.309 e. The normalized spacial score (nSPS) is 11.6. The van der Waals surface area contributed by atoms with Gasteiger partial charge in [-0.25, -0.2) is 9.97 Å². The molecule has 3 heterocycles. The molecule has 10 rings (SSSR count). The number of benzene rings is 7. The molecule has 0 aliphatic carbocycles. The monoisotopic (exact) mass is 638 g/mol. The molecule has 10 aromatic rings. The molecule has 0 aliphatic rings. The highest BCUT2D eigenvalue weighted by Gasteiger charge is 2.19. The molecule has 4 nitrogen and oxygen atoms in total. The maximum absolute atomic E-state index is 5.28. The van der Waals surface area contributed by atoms with Gasteiger partial charge in [0, 0.05) is 38.4 Å². The second-order valence-corrected chi connectivity index (χ2v) is 12.7. The van der Waals surface area contributed by atoms with Crippen LogP contribution < -0.4 is 0 Å². The first-order chi connectivity index (χ1) is 24.8. The van der Waals surface area contributed by atoms with Crippen molar-refractivity contribution in [3.8, 4) is 45.3 Å². The van der Waals surface area contributed by atoms with Crippen LogP contribution in [0.2, 0.25) is 0 Å². The smallest absolute Gasteiger partial charge is 0.235 e. The lowest BCUT2D eigenvalue weighted by Gasteiger charge is -2.12. The van der Waals surface area contributed by atoms with Gasteiger partial charge in [0.2, 0.25) is 5.95 Å². The Morgan fingerprint density at radius 2 is 0.720 bits per heavy atom. The Labute approximate surface area is 289 Å². The van der Waals surface area contributed by atoms with Gasteiger partial charge in [-0.05, 0) is 53.6 Å². The Balaban J connectivity index is 1.19. The fraction of sp³-hybridized carbons (Fsp3) is 0. The van der Waals surface area contributed by atoms with Crippen molar-refractivity contribution in [2.45, 2.75) is 0 Å². The fourth-order valence-corrected chi connectivity index (χ4v) is 7.42. The molecular weight excluding hydrogens is 609 g/mol. The van der Waals surface area contributed by atoms with Crippen LogP contribution in [0.1, 0.15) is 0 Å². The van der Waals surface area contributed by atoms with Crippen LogP contribution in [0.25, 0.3) is 88.9 Å². The molecule has 3 aromatic heterocycles. The van der Waals surface area contributed by atoms with E-state index in [-0.39, 0.29) is 0 Å². The van der Waals surface area contributed by atoms with Crippen molar-refractivity contribution < 1.29 is 0 Å². The fourth-order valence-electron chi connectivity index (χ4n) is 7.42. The Morgan fingerprint density at radius 3 is 1.32 bits per heavy atom. The van der Waals surface area contributed by atoms with E-state index in [2.05, 4.69) is 179 Å². The van der Waals surface area contributed by atoms with E-state index in [9.17, 15) is 0 Å². The average molecular weight is 639 g/mol. The number of fused-ring (bicyclic) bond motifs is 6. The maximum atomic E-state index is 5.28. The number of hydrogen-bond acceptors (Lipinski definition) is 2. The highest BCUT2D eigenvalue weighted by Crippen LogP contribution is 2.37. The number of nitrogens with zero attached hydrogens (tertiary/aromatic N) is 4. The second-order valence-electron chi connectivity index (χ2n) is 12.7. The van der Waals surface area contributed by atoms with Crippen LogP contribution >= 0.6 is 0 Å². The first-order valence-corrected chi connectivity index (χ1v) is 16.9. The second kappa shape index (κ2) is 11.4. The molecule has 0 spiro atoms. The third kappa shape index (κ3) is 4.54. The molecule has 0 unspecified atom stereocenters. The van der Waals surface area contributed by atoms with Gasteiger partial charge in [0.25, 0.3) is 0 Å². The molecule has 0 radical (unpaired) electrons. The van der Waals surface area contributed by atoms with E-state index >= 15 is 0 Å². The van der Waals surface area contributed by atoms with Crippen molar-refractivity contribution >= 4 is 43.6 Å². The zero-order valence-electron chi connectivity index (χ0n) is 27.1. The van der Waals surface area contributed by atoms with Gasteiger partial charge in [-0.15, -0.1) is 0 Å². The van der Waals surface area contributed by atoms with Gasteiger partial charge in [0.05, 0.1) is 33.5 Å². The lowest BCUT2D eigenvalue weighted by atomic mass is 10.0. The molecule has 0 atom stereocenters. The SMILES string of the molecule is c1ccc(-c2ccc(-c3cc(-c4ccccc4)nc(-n4c5ccccc5c5cc(-n6c7ccccc7c7ccccc76)ccc54)n3)cc2)cc1. The summed E-state index contributed by atoms with van der Waals surface area (Å²) >= 11 is 0. The molecule has 7 aromatic carbocycles. The van der Waals surface area contributed by atoms with Crippen molar-refractivity contribution in [3.05, 3.63) is 182 Å². The van der Waals surface area contributed by atoms with Crippen LogP contribution in [0, 0.1) is 0 Å². The van der Waals surface area contributed by atoms with Crippen molar-refractivity contribution in [2.24, 2.45) is 0 Å². The lowest BCUT2D eigenvalue weighted by Crippen LogP contribution is -2.04. The summed E-state index contributed by atoms with van der Waals surface area (Å²) < 4.78 is 4.59. The van der Waals surface area contributed by atoms with Gasteiger partial charge in [-0.3, -0.25) is 4.57 Å². The third-order valence-corrected chi connectivity index (χ3v) is 9.77. The standard InChI is InChI=1S/C46H30N4/c1-3-13-31(14-4-1)32-23-25-34(26-24-32)41-30-40(33-15-5-2-6-16-33)47-46(48-41)50-44-22-12-9-19-38(44)39-29-35(27-28-45(39)50)49-42-20-10-7-17-36(42)37-18-8-11-21-43(37)49/h1-30H. The zero-order chi connectivity index (χ0) is 33.0. The van der Waals surface area contributed by atoms with Crippen LogP contribution in [0.3, 0.4) is 0 Å². The number of aromatic nitrogens is 4. The van der Waals surface area contributed by atoms with Crippen LogP contribution in [0.4, 0.5) is 0 Å². The molecule has 50 heavy (non-hydrogen) atoms. The van der Waals surface area contributed by atoms with E-state index in [0.29, 0.717) is 5.95 Å². The van der Waals surface area contributed by atoms with Crippen molar-refractivity contribution in [1.82, 2.24) is 19.1 Å². The summed E-state index contributed by atoms with van der Waals surface area (Å²) in [5.74, 6) is 0.643. The van der Waals surface area contributed by atoms with Crippen LogP contribution in [-0.2, 0) is 0 Å². The summed E-state index contributed by atoms with van der Waals surface area (Å²) in [4.78, 5) is 10.5. The van der Waals surface area contributed by atoms with E-state index in [0.717, 1.165) is 50.0 Å². The molecule has 0 bridgehead atoms. The lowest BCUT2D eigenvalue weighted by molar-refractivity contribution is 0.995. The van der Waals surface area contributed by atoms with Crippen molar-refractivity contribution in [2.75, 3.05) is 0 Å². The molecule has 0 saturated carbocycles. The predicted molar refractivity (Wildman–Crippen MR) is 207 cm³/mol. The number of rotatable bonds is 5. The largest absolute Gasteiger partial charge is 0.309 e. The average Bonchev–Trinajstić information content (AvgIpc) is 3.71. The van der Waals surface area contributed by atoms with E-state index in [1.165, 1.54) is 32.9 Å². The number of hydrogen-bond donors (Lipinski definition) is 0. The zero-order valence-corrected chi connectivity index (χ0v) is 27.1. The van der Waals surface area contributed by atoms with E-state index in [1.54, 1.807) is 0 Å². The summed E-state index contributed by atoms with van der Waals surface area (Å²) in [6.45, 7) is 0. The van der Waals surface area contributed by atoms with Gasteiger partial charge in [0.15, 0.2) is 0 Å². The van der Waals surface area contributed by atoms with Crippen molar-refractivity contribution in [1.29, 1.82) is 0 Å². The molecule has 0 amide bonds. The molecule has 0 N–H and O–H groups in total. The van der Waals surface area contributed by atoms with Gasteiger partial charge < -0.3 is 4.57 Å². The summed E-state index contributed by atoms with van der Waals surface area (Å²) in [6, 6.07) is 64.3. The first-order valence-electron chi connectivity index (χ1n) is 16.9. The minimum absolute atomic E-state index is 0.643. The predicted octanol–water partition coefficient (Wildman–Crippen LogP) is 11.7. The van der Waals surface area contributed by atoms with Crippen LogP contribution in [0.15, 0.2) is 182 Å². The van der Waals surface area contributed by atoms with Gasteiger partial charge >= 0.3 is 0 Å². The molecular formula is C46H30N4. The van der Waals surface area contributed by atoms with Crippen LogP contribution in [-0.4, -0.2) is 19.1 Å². The summed E-state index contributed by atoms with van der Waals surface area (Å²) in [7, 11) is 0. The topological polar surface area (TPSA) is 35.6 Å². The summed E-state index contributed by atoms with van der Waals surface area (Å²) in [5.41, 5.74) is 11.8. The molecule has 0 fully saturated rings. The Hall–Kier alpha value is -6.78. The molecule has 0 aliphatic heterocycles. The van der Waals surface area contributed by atoms with Crippen molar-refractivity contribution in [3.63, 3.8) is 0 Å². The molecule has 234 valence electrons. The van der Waals surface area contributed by atoms with E-state index in [4.69, 9.17) is 9.97 Å². The maximum Gasteiger partial charge on any atom is 0.235 e. The third-order valence-electron chi connectivity index (χ3n) is 9.77. The number of para-hydroxylation sites is 3. The first kappa shape index (κ1) is 28.3. The quantitative estimate of drug-likeness (QED) is 0.188. The van der Waals surface area contributed by atoms with Gasteiger partial charge in [-0.1, -0.05) is 140 Å². The Morgan fingerprint density at radius 1 is 0.300 bits per heavy atom. The van der Waals surface area contributed by atoms with Gasteiger partial charge in [-0.2, -0.15) is 0 Å². The summed E-state index contributed by atoms with van der Waals surface area (Å²) in [6.07, 6.45) is 0. The van der Waals surface area contributed by atoms with Crippen LogP contribution in [0.5, 0.6) is 0 Å². The van der Waals surface area contributed by atoms with E-state index < -0.39 is 0 Å². The Bertz CT molecular complexity index is 2790. The Kier molecular flexibility index (Phi) is 6.46. The molecule has 4 heteroatoms. The summed E-state index contributed by atoms with van der Waals surface area (Å²) in [5, 5.41) is 4.82. The minimum atomic E-state index is 0.643. The highest BCUT2D eigenvalue weighted by molar-refractivity contribution is 6.12. The molecule has 0 saturated heterocycles. The highest BCUT2D eigenvalue weighted by atomic mass is 15.2. The van der Waals surface area contributed by atoms with Gasteiger partial charge in [0.1, 0.15) is 0 Å².